The van der Waals surface area contributed by atoms with Crippen LogP contribution in [0.4, 0.5) is 5.69 Å². The van der Waals surface area contributed by atoms with Gasteiger partial charge in [-0.1, -0.05) is 12.8 Å². The molecule has 0 amide bonds. The van der Waals surface area contributed by atoms with Crippen LogP contribution >= 0.6 is 11.8 Å². The molecular formula is C12H18N2O2S2. The van der Waals surface area contributed by atoms with Crippen LogP contribution in [0.2, 0.25) is 0 Å². The van der Waals surface area contributed by atoms with Crippen molar-refractivity contribution in [3.8, 4) is 0 Å². The lowest BCUT2D eigenvalue weighted by Crippen LogP contribution is -2.14. The Hall–Kier alpha value is -0.720. The minimum atomic E-state index is -3.72. The van der Waals surface area contributed by atoms with Crippen molar-refractivity contribution in [3.63, 3.8) is 0 Å². The SMILES string of the molecule is Nc1cc(SCC2CCCC2)ccc1S(N)(=O)=O. The molecule has 0 atom stereocenters. The van der Waals surface area contributed by atoms with E-state index in [4.69, 9.17) is 10.9 Å². The summed E-state index contributed by atoms with van der Waals surface area (Å²) in [6.45, 7) is 0. The van der Waals surface area contributed by atoms with Crippen LogP contribution in [-0.2, 0) is 10.0 Å². The maximum Gasteiger partial charge on any atom is 0.240 e. The summed E-state index contributed by atoms with van der Waals surface area (Å²) in [5.74, 6) is 1.86. The summed E-state index contributed by atoms with van der Waals surface area (Å²) in [6, 6.07) is 4.96. The number of anilines is 1. The number of thioether (sulfide) groups is 1. The van der Waals surface area contributed by atoms with Crippen LogP contribution < -0.4 is 10.9 Å². The standard InChI is InChI=1S/C12H18N2O2S2/c13-11-7-10(5-6-12(11)18(14,15)16)17-8-9-3-1-2-4-9/h5-7,9H,1-4,8,13H2,(H2,14,15,16). The van der Waals surface area contributed by atoms with Crippen LogP contribution in [0.15, 0.2) is 28.0 Å². The van der Waals surface area contributed by atoms with Gasteiger partial charge < -0.3 is 5.73 Å². The first-order valence-corrected chi connectivity index (χ1v) is 8.55. The van der Waals surface area contributed by atoms with E-state index >= 15 is 0 Å². The second-order valence-electron chi connectivity index (χ2n) is 4.71. The molecule has 0 heterocycles. The van der Waals surface area contributed by atoms with Gasteiger partial charge in [-0.25, -0.2) is 13.6 Å². The van der Waals surface area contributed by atoms with E-state index in [-0.39, 0.29) is 10.6 Å². The van der Waals surface area contributed by atoms with Crippen LogP contribution in [0.25, 0.3) is 0 Å². The van der Waals surface area contributed by atoms with E-state index in [1.807, 2.05) is 0 Å². The minimum Gasteiger partial charge on any atom is -0.398 e. The number of hydrogen-bond donors (Lipinski definition) is 2. The molecule has 1 fully saturated rings. The zero-order valence-corrected chi connectivity index (χ0v) is 11.8. The van der Waals surface area contributed by atoms with Gasteiger partial charge in [-0.3, -0.25) is 0 Å². The maximum absolute atomic E-state index is 11.2. The first-order valence-electron chi connectivity index (χ1n) is 6.02. The van der Waals surface area contributed by atoms with Gasteiger partial charge in [0.1, 0.15) is 4.90 Å². The van der Waals surface area contributed by atoms with Crippen LogP contribution in [0.5, 0.6) is 0 Å². The van der Waals surface area contributed by atoms with Gasteiger partial charge in [0.05, 0.1) is 5.69 Å². The molecule has 0 bridgehead atoms. The molecule has 6 heteroatoms. The molecule has 1 aromatic rings. The number of primary sulfonamides is 1. The molecule has 1 saturated carbocycles. The monoisotopic (exact) mass is 286 g/mol. The first-order chi connectivity index (χ1) is 8.47. The third-order valence-electron chi connectivity index (χ3n) is 3.25. The van der Waals surface area contributed by atoms with E-state index in [1.54, 1.807) is 23.9 Å². The predicted molar refractivity (Wildman–Crippen MR) is 74.9 cm³/mol. The maximum atomic E-state index is 11.2. The third-order valence-corrected chi connectivity index (χ3v) is 5.46. The van der Waals surface area contributed by atoms with Gasteiger partial charge in [0, 0.05) is 10.6 Å². The molecular weight excluding hydrogens is 268 g/mol. The van der Waals surface area contributed by atoms with Crippen molar-refractivity contribution in [1.82, 2.24) is 0 Å². The number of benzene rings is 1. The molecule has 2 rings (SSSR count). The summed E-state index contributed by atoms with van der Waals surface area (Å²) in [7, 11) is -3.72. The average Bonchev–Trinajstić information content (AvgIpc) is 2.77. The van der Waals surface area contributed by atoms with Gasteiger partial charge in [-0.15, -0.1) is 11.8 Å². The number of rotatable bonds is 4. The lowest BCUT2D eigenvalue weighted by atomic mass is 10.1. The van der Waals surface area contributed by atoms with Crippen molar-refractivity contribution in [2.75, 3.05) is 11.5 Å². The second kappa shape index (κ2) is 5.50. The molecule has 4 nitrogen and oxygen atoms in total. The summed E-state index contributed by atoms with van der Waals surface area (Å²) in [5, 5.41) is 5.07. The Labute approximate surface area is 112 Å². The fourth-order valence-corrected chi connectivity index (χ4v) is 4.05. The Morgan fingerprint density at radius 3 is 2.50 bits per heavy atom. The number of sulfonamides is 1. The van der Waals surface area contributed by atoms with Gasteiger partial charge >= 0.3 is 0 Å². The summed E-state index contributed by atoms with van der Waals surface area (Å²) in [6.07, 6.45) is 5.27. The zero-order valence-electron chi connectivity index (χ0n) is 10.1. The summed E-state index contributed by atoms with van der Waals surface area (Å²) in [4.78, 5) is 1.01. The Kier molecular flexibility index (Phi) is 4.19. The van der Waals surface area contributed by atoms with E-state index in [9.17, 15) is 8.42 Å². The average molecular weight is 286 g/mol. The molecule has 18 heavy (non-hydrogen) atoms. The van der Waals surface area contributed by atoms with Gasteiger partial charge in [-0.2, -0.15) is 0 Å². The van der Waals surface area contributed by atoms with Crippen molar-refractivity contribution >= 4 is 27.5 Å². The topological polar surface area (TPSA) is 86.2 Å². The summed E-state index contributed by atoms with van der Waals surface area (Å²) >= 11 is 1.74. The van der Waals surface area contributed by atoms with Crippen molar-refractivity contribution in [3.05, 3.63) is 18.2 Å². The molecule has 0 aromatic heterocycles. The smallest absolute Gasteiger partial charge is 0.240 e. The number of nitrogens with two attached hydrogens (primary N) is 2. The Morgan fingerprint density at radius 2 is 1.94 bits per heavy atom. The molecule has 0 spiro atoms. The highest BCUT2D eigenvalue weighted by atomic mass is 32.2. The van der Waals surface area contributed by atoms with Crippen molar-refractivity contribution in [1.29, 1.82) is 0 Å². The summed E-state index contributed by atoms with van der Waals surface area (Å²) in [5.41, 5.74) is 5.95. The zero-order chi connectivity index (χ0) is 13.2. The Balaban J connectivity index is 2.04. The van der Waals surface area contributed by atoms with Crippen molar-refractivity contribution in [2.24, 2.45) is 11.1 Å². The van der Waals surface area contributed by atoms with E-state index in [0.29, 0.717) is 0 Å². The fraction of sp³-hybridized carbons (Fsp3) is 0.500. The predicted octanol–water partition coefficient (Wildman–Crippen LogP) is 2.20. The second-order valence-corrected chi connectivity index (χ2v) is 7.33. The third kappa shape index (κ3) is 3.40. The van der Waals surface area contributed by atoms with E-state index < -0.39 is 10.0 Å². The van der Waals surface area contributed by atoms with E-state index in [2.05, 4.69) is 0 Å². The number of hydrogen-bond acceptors (Lipinski definition) is 4. The molecule has 1 aliphatic rings. The van der Waals surface area contributed by atoms with Crippen LogP contribution in [0, 0.1) is 5.92 Å². The molecule has 0 radical (unpaired) electrons. The van der Waals surface area contributed by atoms with Crippen LogP contribution in [0.1, 0.15) is 25.7 Å². The lowest BCUT2D eigenvalue weighted by Gasteiger charge is -2.10. The van der Waals surface area contributed by atoms with Gasteiger partial charge in [0.25, 0.3) is 0 Å². The highest BCUT2D eigenvalue weighted by molar-refractivity contribution is 7.99. The molecule has 0 unspecified atom stereocenters. The Morgan fingerprint density at radius 1 is 1.28 bits per heavy atom. The molecule has 0 aliphatic heterocycles. The quantitative estimate of drug-likeness (QED) is 0.656. The lowest BCUT2D eigenvalue weighted by molar-refractivity contribution is 0.598. The largest absolute Gasteiger partial charge is 0.398 e. The Bertz CT molecular complexity index is 523. The molecule has 100 valence electrons. The fourth-order valence-electron chi connectivity index (χ4n) is 2.27. The van der Waals surface area contributed by atoms with Gasteiger partial charge in [0.2, 0.25) is 10.0 Å². The first kappa shape index (κ1) is 13.7. The number of nitrogen functional groups attached to an aromatic ring is 1. The highest BCUT2D eigenvalue weighted by Crippen LogP contribution is 2.32. The van der Waals surface area contributed by atoms with Crippen LogP contribution in [-0.4, -0.2) is 14.2 Å². The summed E-state index contributed by atoms with van der Waals surface area (Å²) < 4.78 is 22.4. The highest BCUT2D eigenvalue weighted by Gasteiger charge is 2.16. The van der Waals surface area contributed by atoms with E-state index in [0.717, 1.165) is 16.6 Å². The molecule has 1 aliphatic carbocycles. The molecule has 4 N–H and O–H groups in total. The molecule has 1 aromatic carbocycles. The van der Waals surface area contributed by atoms with Crippen LogP contribution in [0.3, 0.4) is 0 Å². The normalized spacial score (nSPS) is 17.2. The van der Waals surface area contributed by atoms with Gasteiger partial charge in [0.15, 0.2) is 0 Å². The molecule has 0 saturated heterocycles. The minimum absolute atomic E-state index is 0.00714. The van der Waals surface area contributed by atoms with Crippen molar-refractivity contribution in [2.45, 2.75) is 35.5 Å². The van der Waals surface area contributed by atoms with Crippen molar-refractivity contribution < 1.29 is 8.42 Å². The van der Waals surface area contributed by atoms with E-state index in [1.165, 1.54) is 31.7 Å². The van der Waals surface area contributed by atoms with Gasteiger partial charge in [-0.05, 0) is 37.0 Å².